The van der Waals surface area contributed by atoms with Crippen LogP contribution in [0, 0.1) is 0 Å². The first-order valence-corrected chi connectivity index (χ1v) is 8.55. The molecule has 6 nitrogen and oxygen atoms in total. The molecule has 0 saturated carbocycles. The van der Waals surface area contributed by atoms with Gasteiger partial charge in [-0.25, -0.2) is 10.1 Å². The Labute approximate surface area is 150 Å². The van der Waals surface area contributed by atoms with E-state index in [1.807, 2.05) is 0 Å². The number of nitrogens with zero attached hydrogens (tertiary/aromatic N) is 4. The lowest BCUT2D eigenvalue weighted by Crippen LogP contribution is -2.49. The van der Waals surface area contributed by atoms with E-state index in [-0.39, 0.29) is 5.75 Å². The standard InChI is InChI=1S/C18H19ClN4O2/c1-21-6-8-22(9-7-21)18-14-11-13(24)3-5-15(14)20-16-4-2-12(19)10-17(16)23(18)25/h2-5,10-11,24-25H,6-9H2,1H3. The number of aromatic hydroxyl groups is 1. The van der Waals surface area contributed by atoms with Crippen LogP contribution in [0.3, 0.4) is 0 Å². The van der Waals surface area contributed by atoms with Crippen LogP contribution in [-0.4, -0.2) is 53.3 Å². The number of likely N-dealkylation sites (N-methyl/N-ethyl adjacent to an activating group) is 1. The van der Waals surface area contributed by atoms with Gasteiger partial charge in [-0.2, -0.15) is 0 Å². The second-order valence-electron chi connectivity index (χ2n) is 6.37. The van der Waals surface area contributed by atoms with Crippen LogP contribution in [0.2, 0.25) is 5.02 Å². The van der Waals surface area contributed by atoms with Crippen molar-refractivity contribution in [2.45, 2.75) is 0 Å². The van der Waals surface area contributed by atoms with Gasteiger partial charge in [0.25, 0.3) is 0 Å². The minimum absolute atomic E-state index is 0.137. The molecule has 0 amide bonds. The van der Waals surface area contributed by atoms with Gasteiger partial charge in [0.1, 0.15) is 11.6 Å². The van der Waals surface area contributed by atoms with Crippen LogP contribution in [0.1, 0.15) is 0 Å². The lowest BCUT2D eigenvalue weighted by Gasteiger charge is -2.37. The SMILES string of the molecule is CN1CCN(C2=c3cc(O)ccc3=Nc3ccc(Cl)cc3N2O)CC1. The number of rotatable bonds is 1. The quantitative estimate of drug-likeness (QED) is 0.809. The van der Waals surface area contributed by atoms with Crippen LogP contribution in [0.15, 0.2) is 41.4 Å². The van der Waals surface area contributed by atoms with Gasteiger partial charge in [-0.1, -0.05) is 11.6 Å². The van der Waals surface area contributed by atoms with Gasteiger partial charge >= 0.3 is 0 Å². The van der Waals surface area contributed by atoms with Gasteiger partial charge < -0.3 is 14.9 Å². The molecule has 0 spiro atoms. The first-order chi connectivity index (χ1) is 12.0. The Morgan fingerprint density at radius 3 is 2.56 bits per heavy atom. The van der Waals surface area contributed by atoms with Crippen molar-refractivity contribution < 1.29 is 10.3 Å². The molecular weight excluding hydrogens is 340 g/mol. The number of hydrogen-bond acceptors (Lipinski definition) is 6. The van der Waals surface area contributed by atoms with Crippen LogP contribution in [0.4, 0.5) is 11.4 Å². The zero-order chi connectivity index (χ0) is 17.6. The molecule has 0 aliphatic carbocycles. The summed E-state index contributed by atoms with van der Waals surface area (Å²) in [7, 11) is 2.08. The third kappa shape index (κ3) is 2.93. The van der Waals surface area contributed by atoms with Crippen molar-refractivity contribution in [3.8, 4) is 5.75 Å². The lowest BCUT2D eigenvalue weighted by atomic mass is 10.2. The van der Waals surface area contributed by atoms with Gasteiger partial charge in [0.15, 0.2) is 0 Å². The van der Waals surface area contributed by atoms with Crippen LogP contribution in [0.25, 0.3) is 5.82 Å². The molecule has 2 N–H and O–H groups in total. The van der Waals surface area contributed by atoms with E-state index in [2.05, 4.69) is 21.8 Å². The van der Waals surface area contributed by atoms with E-state index in [0.29, 0.717) is 32.8 Å². The maximum absolute atomic E-state index is 11.0. The van der Waals surface area contributed by atoms with Crippen LogP contribution in [0.5, 0.6) is 5.75 Å². The summed E-state index contributed by atoms with van der Waals surface area (Å²) < 4.78 is 0. The molecule has 4 rings (SSSR count). The van der Waals surface area contributed by atoms with Crippen molar-refractivity contribution in [3.05, 3.63) is 52.0 Å². The van der Waals surface area contributed by atoms with Crippen molar-refractivity contribution in [3.63, 3.8) is 0 Å². The number of halogens is 1. The zero-order valence-electron chi connectivity index (χ0n) is 13.9. The number of hydrogen-bond donors (Lipinski definition) is 2. The molecule has 2 aliphatic heterocycles. The molecular formula is C18H19ClN4O2. The Morgan fingerprint density at radius 2 is 1.80 bits per heavy atom. The van der Waals surface area contributed by atoms with E-state index in [4.69, 9.17) is 11.6 Å². The largest absolute Gasteiger partial charge is 0.508 e. The fourth-order valence-corrected chi connectivity index (χ4v) is 3.41. The predicted molar refractivity (Wildman–Crippen MR) is 96.7 cm³/mol. The first kappa shape index (κ1) is 16.2. The topological polar surface area (TPSA) is 62.5 Å². The second-order valence-corrected chi connectivity index (χ2v) is 6.81. The third-order valence-corrected chi connectivity index (χ3v) is 4.87. The molecule has 2 aliphatic rings. The fraction of sp³-hybridized carbons (Fsp3) is 0.278. The Kier molecular flexibility index (Phi) is 4.03. The summed E-state index contributed by atoms with van der Waals surface area (Å²) in [6, 6.07) is 10.2. The minimum atomic E-state index is 0.137. The number of fused-ring (bicyclic) bond motifs is 2. The summed E-state index contributed by atoms with van der Waals surface area (Å²) in [6.45, 7) is 3.33. The maximum atomic E-state index is 11.0. The van der Waals surface area contributed by atoms with Crippen LogP contribution >= 0.6 is 11.6 Å². The highest BCUT2D eigenvalue weighted by Crippen LogP contribution is 2.34. The number of piperazine rings is 1. The molecule has 130 valence electrons. The summed E-state index contributed by atoms with van der Waals surface area (Å²) in [4.78, 5) is 9.02. The summed E-state index contributed by atoms with van der Waals surface area (Å²) in [5, 5.41) is 24.1. The molecule has 0 bridgehead atoms. The first-order valence-electron chi connectivity index (χ1n) is 8.17. The van der Waals surface area contributed by atoms with Crippen molar-refractivity contribution in [2.24, 2.45) is 4.99 Å². The molecule has 1 saturated heterocycles. The molecule has 0 atom stereocenters. The monoisotopic (exact) mass is 358 g/mol. The van der Waals surface area contributed by atoms with Crippen molar-refractivity contribution in [1.82, 2.24) is 9.80 Å². The van der Waals surface area contributed by atoms with Gasteiger partial charge in [-0.3, -0.25) is 5.21 Å². The van der Waals surface area contributed by atoms with E-state index >= 15 is 0 Å². The fourth-order valence-electron chi connectivity index (χ4n) is 3.24. The summed E-state index contributed by atoms with van der Waals surface area (Å²) in [6.07, 6.45) is 0. The van der Waals surface area contributed by atoms with Gasteiger partial charge in [0.05, 0.1) is 16.7 Å². The van der Waals surface area contributed by atoms with Crippen molar-refractivity contribution in [2.75, 3.05) is 38.3 Å². The predicted octanol–water partition coefficient (Wildman–Crippen LogP) is 1.52. The Hall–Kier alpha value is -2.28. The number of phenols is 1. The average Bonchev–Trinajstić information content (AvgIpc) is 2.70. The maximum Gasteiger partial charge on any atom is 0.144 e. The minimum Gasteiger partial charge on any atom is -0.508 e. The molecule has 7 heteroatoms. The van der Waals surface area contributed by atoms with E-state index in [0.717, 1.165) is 31.2 Å². The number of anilines is 1. The van der Waals surface area contributed by atoms with Crippen molar-refractivity contribution >= 4 is 28.8 Å². The molecule has 0 aromatic heterocycles. The average molecular weight is 359 g/mol. The molecule has 25 heavy (non-hydrogen) atoms. The van der Waals surface area contributed by atoms with Gasteiger partial charge in [0, 0.05) is 36.4 Å². The van der Waals surface area contributed by atoms with E-state index in [9.17, 15) is 10.3 Å². The molecule has 0 unspecified atom stereocenters. The van der Waals surface area contributed by atoms with Gasteiger partial charge in [-0.15, -0.1) is 0 Å². The zero-order valence-corrected chi connectivity index (χ0v) is 14.6. The van der Waals surface area contributed by atoms with E-state index in [1.54, 1.807) is 36.4 Å². The lowest BCUT2D eigenvalue weighted by molar-refractivity contribution is 0.184. The van der Waals surface area contributed by atoms with Crippen LogP contribution < -0.4 is 15.6 Å². The summed E-state index contributed by atoms with van der Waals surface area (Å²) in [5.74, 6) is 0.752. The summed E-state index contributed by atoms with van der Waals surface area (Å²) in [5.41, 5.74) is 1.15. The van der Waals surface area contributed by atoms with Gasteiger partial charge in [0.2, 0.25) is 0 Å². The summed E-state index contributed by atoms with van der Waals surface area (Å²) >= 11 is 6.14. The Balaban J connectivity index is 1.97. The number of phenolic OH excluding ortho intramolecular Hbond substituents is 1. The second kappa shape index (κ2) is 6.22. The van der Waals surface area contributed by atoms with Crippen LogP contribution in [-0.2, 0) is 0 Å². The highest BCUT2D eigenvalue weighted by molar-refractivity contribution is 6.31. The van der Waals surface area contributed by atoms with Crippen molar-refractivity contribution in [1.29, 1.82) is 0 Å². The molecule has 0 radical (unpaired) electrons. The van der Waals surface area contributed by atoms with Gasteiger partial charge in [-0.05, 0) is 43.4 Å². The molecule has 2 heterocycles. The Morgan fingerprint density at radius 1 is 1.04 bits per heavy atom. The molecule has 2 aromatic carbocycles. The normalized spacial score (nSPS) is 17.6. The molecule has 1 fully saturated rings. The highest BCUT2D eigenvalue weighted by atomic mass is 35.5. The number of benzene rings is 2. The number of hydroxylamine groups is 1. The smallest absolute Gasteiger partial charge is 0.144 e. The third-order valence-electron chi connectivity index (χ3n) is 4.63. The Bertz CT molecular complexity index is 939. The molecule has 2 aromatic rings. The van der Waals surface area contributed by atoms with E-state index in [1.165, 1.54) is 0 Å². The highest BCUT2D eigenvalue weighted by Gasteiger charge is 2.25. The van der Waals surface area contributed by atoms with E-state index < -0.39 is 0 Å².